The van der Waals surface area contributed by atoms with Gasteiger partial charge in [0.25, 0.3) is 0 Å². The fourth-order valence-corrected chi connectivity index (χ4v) is 8.16. The van der Waals surface area contributed by atoms with Crippen molar-refractivity contribution < 1.29 is 0 Å². The van der Waals surface area contributed by atoms with Gasteiger partial charge in [-0.15, -0.1) is 0 Å². The van der Waals surface area contributed by atoms with Crippen molar-refractivity contribution in [1.29, 1.82) is 0 Å². The highest BCUT2D eigenvalue weighted by Crippen LogP contribution is 2.57. The van der Waals surface area contributed by atoms with E-state index in [-0.39, 0.29) is 0 Å². The minimum atomic E-state index is -0.473. The summed E-state index contributed by atoms with van der Waals surface area (Å²) in [6.45, 7) is 0. The maximum Gasteiger partial charge on any atom is 0.0714 e. The van der Waals surface area contributed by atoms with Crippen LogP contribution in [0.25, 0.3) is 33.4 Å². The van der Waals surface area contributed by atoms with E-state index in [9.17, 15) is 0 Å². The van der Waals surface area contributed by atoms with Gasteiger partial charge in [-0.1, -0.05) is 174 Å². The highest BCUT2D eigenvalue weighted by atomic mass is 79.9. The van der Waals surface area contributed by atoms with Gasteiger partial charge in [-0.05, 0) is 104 Å². The van der Waals surface area contributed by atoms with Gasteiger partial charge < -0.3 is 4.90 Å². The Hall–Kier alpha value is -5.96. The number of anilines is 3. The molecule has 242 valence electrons. The molecule has 0 amide bonds. The first-order chi connectivity index (χ1) is 25.2. The third-order valence-corrected chi connectivity index (χ3v) is 10.8. The molecule has 1 aliphatic rings. The van der Waals surface area contributed by atoms with E-state index in [0.717, 1.165) is 21.5 Å². The Kier molecular flexibility index (Phi) is 7.95. The van der Waals surface area contributed by atoms with E-state index in [1.807, 2.05) is 0 Å². The monoisotopic (exact) mass is 715 g/mol. The Labute approximate surface area is 308 Å². The van der Waals surface area contributed by atoms with Gasteiger partial charge in [0.15, 0.2) is 0 Å². The summed E-state index contributed by atoms with van der Waals surface area (Å²) in [5.74, 6) is 0. The van der Waals surface area contributed by atoms with Crippen LogP contribution in [0.4, 0.5) is 17.1 Å². The van der Waals surface area contributed by atoms with Crippen LogP contribution in [0.2, 0.25) is 0 Å². The standard InChI is InChI=1S/C49H34BrN/c50-41-26-20-36(21-27-41)38-24-30-43(31-25-38)51(42-28-22-37(23-29-42)35-12-4-1-5-13-35)44-32-33-46-45-18-10-11-19-47(45)49(48(46)34-44,39-14-6-2-7-15-39)40-16-8-3-9-17-40/h1-34H. The number of benzene rings is 8. The molecular formula is C49H34BrN. The molecule has 8 aromatic carbocycles. The van der Waals surface area contributed by atoms with E-state index < -0.39 is 5.41 Å². The fraction of sp³-hybridized carbons (Fsp3) is 0.0204. The summed E-state index contributed by atoms with van der Waals surface area (Å²) in [7, 11) is 0. The Bertz CT molecular complexity index is 2400. The molecule has 8 aromatic rings. The van der Waals surface area contributed by atoms with Crippen molar-refractivity contribution in [2.45, 2.75) is 5.41 Å². The van der Waals surface area contributed by atoms with Gasteiger partial charge in [0, 0.05) is 21.5 Å². The maximum atomic E-state index is 3.58. The van der Waals surface area contributed by atoms with Gasteiger partial charge in [-0.3, -0.25) is 0 Å². The van der Waals surface area contributed by atoms with Crippen molar-refractivity contribution in [1.82, 2.24) is 0 Å². The molecule has 0 radical (unpaired) electrons. The Balaban J connectivity index is 1.25. The smallest absolute Gasteiger partial charge is 0.0714 e. The van der Waals surface area contributed by atoms with Crippen molar-refractivity contribution in [2.75, 3.05) is 4.90 Å². The molecule has 2 heteroatoms. The van der Waals surface area contributed by atoms with Crippen molar-refractivity contribution in [2.24, 2.45) is 0 Å². The Morgan fingerprint density at radius 1 is 0.333 bits per heavy atom. The minimum absolute atomic E-state index is 0.473. The zero-order valence-corrected chi connectivity index (χ0v) is 29.5. The third kappa shape index (κ3) is 5.40. The van der Waals surface area contributed by atoms with E-state index in [2.05, 4.69) is 227 Å². The van der Waals surface area contributed by atoms with Crippen LogP contribution in [0.3, 0.4) is 0 Å². The van der Waals surface area contributed by atoms with E-state index in [0.29, 0.717) is 0 Å². The summed E-state index contributed by atoms with van der Waals surface area (Å²) in [4.78, 5) is 2.39. The van der Waals surface area contributed by atoms with Gasteiger partial charge in [-0.2, -0.15) is 0 Å². The van der Waals surface area contributed by atoms with Gasteiger partial charge in [0.05, 0.1) is 5.41 Å². The molecule has 0 bridgehead atoms. The van der Waals surface area contributed by atoms with E-state index >= 15 is 0 Å². The molecule has 0 aliphatic heterocycles. The fourth-order valence-electron chi connectivity index (χ4n) is 7.90. The normalized spacial score (nSPS) is 12.6. The highest BCUT2D eigenvalue weighted by Gasteiger charge is 2.46. The molecule has 0 fully saturated rings. The lowest BCUT2D eigenvalue weighted by Gasteiger charge is -2.35. The molecule has 0 unspecified atom stereocenters. The summed E-state index contributed by atoms with van der Waals surface area (Å²) < 4.78 is 1.08. The molecule has 9 rings (SSSR count). The zero-order chi connectivity index (χ0) is 34.2. The quantitative estimate of drug-likeness (QED) is 0.159. The SMILES string of the molecule is Brc1ccc(-c2ccc(N(c3ccc(-c4ccccc4)cc3)c3ccc4c(c3)C(c3ccccc3)(c3ccccc3)c3ccccc3-4)cc2)cc1. The molecule has 0 saturated carbocycles. The van der Waals surface area contributed by atoms with Crippen LogP contribution in [-0.4, -0.2) is 0 Å². The largest absolute Gasteiger partial charge is 0.310 e. The molecule has 0 saturated heterocycles. The van der Waals surface area contributed by atoms with Crippen LogP contribution >= 0.6 is 15.9 Å². The van der Waals surface area contributed by atoms with Gasteiger partial charge in [-0.25, -0.2) is 0 Å². The van der Waals surface area contributed by atoms with E-state index in [1.54, 1.807) is 0 Å². The average Bonchev–Trinajstić information content (AvgIpc) is 3.50. The second kappa shape index (κ2) is 13.1. The molecule has 0 heterocycles. The molecule has 1 aliphatic carbocycles. The Morgan fingerprint density at radius 2 is 0.745 bits per heavy atom. The molecule has 51 heavy (non-hydrogen) atoms. The van der Waals surface area contributed by atoms with Crippen LogP contribution in [0.15, 0.2) is 211 Å². The van der Waals surface area contributed by atoms with Crippen molar-refractivity contribution in [3.05, 3.63) is 233 Å². The maximum absolute atomic E-state index is 3.58. The van der Waals surface area contributed by atoms with Crippen molar-refractivity contribution in [3.63, 3.8) is 0 Å². The molecular weight excluding hydrogens is 682 g/mol. The number of hydrogen-bond acceptors (Lipinski definition) is 1. The number of rotatable bonds is 7. The summed E-state index contributed by atoms with van der Waals surface area (Å²) in [6, 6.07) is 75.0. The number of nitrogens with zero attached hydrogens (tertiary/aromatic N) is 1. The summed E-state index contributed by atoms with van der Waals surface area (Å²) >= 11 is 3.58. The molecule has 0 aromatic heterocycles. The van der Waals surface area contributed by atoms with Crippen LogP contribution in [0.5, 0.6) is 0 Å². The van der Waals surface area contributed by atoms with Crippen LogP contribution in [-0.2, 0) is 5.41 Å². The second-order valence-corrected chi connectivity index (χ2v) is 14.0. The summed E-state index contributed by atoms with van der Waals surface area (Å²) in [5.41, 5.74) is 15.3. The molecule has 1 nitrogen and oxygen atoms in total. The van der Waals surface area contributed by atoms with Crippen LogP contribution < -0.4 is 4.90 Å². The van der Waals surface area contributed by atoms with Gasteiger partial charge in [0.1, 0.15) is 0 Å². The second-order valence-electron chi connectivity index (χ2n) is 13.1. The van der Waals surface area contributed by atoms with Gasteiger partial charge in [0.2, 0.25) is 0 Å². The highest BCUT2D eigenvalue weighted by molar-refractivity contribution is 9.10. The molecule has 0 atom stereocenters. The third-order valence-electron chi connectivity index (χ3n) is 10.2. The molecule has 0 spiro atoms. The lowest BCUT2D eigenvalue weighted by molar-refractivity contribution is 0.768. The van der Waals surface area contributed by atoms with Crippen molar-refractivity contribution >= 4 is 33.0 Å². The predicted molar refractivity (Wildman–Crippen MR) is 217 cm³/mol. The zero-order valence-electron chi connectivity index (χ0n) is 28.0. The number of halogens is 1. The predicted octanol–water partition coefficient (Wildman–Crippen LogP) is 13.6. The van der Waals surface area contributed by atoms with E-state index in [4.69, 9.17) is 0 Å². The van der Waals surface area contributed by atoms with Gasteiger partial charge >= 0.3 is 0 Å². The Morgan fingerprint density at radius 3 is 1.29 bits per heavy atom. The first-order valence-corrected chi connectivity index (χ1v) is 18.2. The van der Waals surface area contributed by atoms with Crippen molar-refractivity contribution in [3.8, 4) is 33.4 Å². The van der Waals surface area contributed by atoms with E-state index in [1.165, 1.54) is 55.6 Å². The number of fused-ring (bicyclic) bond motifs is 3. The summed E-state index contributed by atoms with van der Waals surface area (Å²) in [5, 5.41) is 0. The first kappa shape index (κ1) is 31.1. The lowest BCUT2D eigenvalue weighted by atomic mass is 9.67. The lowest BCUT2D eigenvalue weighted by Crippen LogP contribution is -2.28. The first-order valence-electron chi connectivity index (χ1n) is 17.4. The topological polar surface area (TPSA) is 3.24 Å². The number of hydrogen-bond donors (Lipinski definition) is 0. The van der Waals surface area contributed by atoms with Crippen LogP contribution in [0, 0.1) is 0 Å². The molecule has 0 N–H and O–H groups in total. The average molecular weight is 717 g/mol. The summed E-state index contributed by atoms with van der Waals surface area (Å²) in [6.07, 6.45) is 0. The minimum Gasteiger partial charge on any atom is -0.310 e. The van der Waals surface area contributed by atoms with Crippen LogP contribution in [0.1, 0.15) is 22.3 Å².